The van der Waals surface area contributed by atoms with Crippen molar-refractivity contribution in [2.24, 2.45) is 0 Å². The van der Waals surface area contributed by atoms with Gasteiger partial charge in [-0.1, -0.05) is 66.7 Å². The van der Waals surface area contributed by atoms with Gasteiger partial charge in [0, 0.05) is 0 Å². The lowest BCUT2D eigenvalue weighted by atomic mass is 9.88. The van der Waals surface area contributed by atoms with E-state index in [0.29, 0.717) is 17.6 Å². The van der Waals surface area contributed by atoms with Gasteiger partial charge in [-0.25, -0.2) is 0 Å². The highest BCUT2D eigenvalue weighted by Crippen LogP contribution is 2.29. The second kappa shape index (κ2) is 8.90. The third-order valence-electron chi connectivity index (χ3n) is 6.33. The third kappa shape index (κ3) is 4.12. The molecule has 0 bridgehead atoms. The molecule has 1 heterocycles. The summed E-state index contributed by atoms with van der Waals surface area (Å²) in [6, 6.07) is 24.8. The predicted octanol–water partition coefficient (Wildman–Crippen LogP) is 3.41. The van der Waals surface area contributed by atoms with E-state index in [9.17, 15) is 14.4 Å². The minimum atomic E-state index is -0.691. The lowest BCUT2D eigenvalue weighted by Crippen LogP contribution is -2.44. The molecule has 0 spiro atoms. The normalized spacial score (nSPS) is 15.2. The molecule has 33 heavy (non-hydrogen) atoms. The number of aromatic nitrogens is 2. The first kappa shape index (κ1) is 20.9. The Labute approximate surface area is 191 Å². The highest BCUT2D eigenvalue weighted by atomic mass is 16.2. The van der Waals surface area contributed by atoms with Crippen molar-refractivity contribution in [3.63, 3.8) is 0 Å². The third-order valence-corrected chi connectivity index (χ3v) is 6.33. The fraction of sp³-hybridized carbons (Fsp3) is 0.222. The molecule has 0 saturated heterocycles. The number of nitrogens with zero attached hydrogens (tertiary/aromatic N) is 2. The molecule has 0 aliphatic heterocycles. The van der Waals surface area contributed by atoms with Gasteiger partial charge in [-0.05, 0) is 48.1 Å². The fourth-order valence-corrected chi connectivity index (χ4v) is 4.74. The first-order chi connectivity index (χ1) is 16.1. The van der Waals surface area contributed by atoms with E-state index >= 15 is 0 Å². The zero-order chi connectivity index (χ0) is 22.8. The number of para-hydroxylation sites is 2. The highest BCUT2D eigenvalue weighted by molar-refractivity contribution is 5.80. The molecule has 4 aromatic rings. The molecule has 1 aromatic heterocycles. The standard InChI is InChI=1S/C27H25N3O3/c31-25(28-22-14-8-12-20-11-4-5-13-21(20)22)18-30-24-16-7-6-15-23(24)29(26(32)27(30)33)17-19-9-2-1-3-10-19/h1-7,9-11,13,15-16,22H,8,12,14,17-18H2,(H,28,31)/t22-/m1/s1. The number of carbonyl (C=O) groups excluding carboxylic acids is 1. The summed E-state index contributed by atoms with van der Waals surface area (Å²) in [7, 11) is 0. The van der Waals surface area contributed by atoms with E-state index < -0.39 is 11.1 Å². The molecule has 166 valence electrons. The van der Waals surface area contributed by atoms with Gasteiger partial charge in [0.1, 0.15) is 6.54 Å². The predicted molar refractivity (Wildman–Crippen MR) is 128 cm³/mol. The topological polar surface area (TPSA) is 73.1 Å². The van der Waals surface area contributed by atoms with Gasteiger partial charge in [-0.3, -0.25) is 23.5 Å². The van der Waals surface area contributed by atoms with Gasteiger partial charge in [-0.15, -0.1) is 0 Å². The van der Waals surface area contributed by atoms with Crippen LogP contribution in [0.2, 0.25) is 0 Å². The molecule has 0 saturated carbocycles. The molecule has 0 radical (unpaired) electrons. The molecule has 1 N–H and O–H groups in total. The van der Waals surface area contributed by atoms with E-state index in [-0.39, 0.29) is 18.5 Å². The van der Waals surface area contributed by atoms with E-state index in [0.717, 1.165) is 30.4 Å². The van der Waals surface area contributed by atoms with Crippen molar-refractivity contribution in [3.05, 3.63) is 116 Å². The van der Waals surface area contributed by atoms with E-state index in [1.807, 2.05) is 66.7 Å². The van der Waals surface area contributed by atoms with Gasteiger partial charge in [0.25, 0.3) is 0 Å². The summed E-state index contributed by atoms with van der Waals surface area (Å²) in [6.45, 7) is 0.0980. The summed E-state index contributed by atoms with van der Waals surface area (Å²) >= 11 is 0. The molecule has 1 aliphatic carbocycles. The van der Waals surface area contributed by atoms with Crippen LogP contribution < -0.4 is 16.4 Å². The molecular formula is C27H25N3O3. The number of rotatable bonds is 5. The Balaban J connectivity index is 1.48. The van der Waals surface area contributed by atoms with Crippen LogP contribution in [0.25, 0.3) is 11.0 Å². The van der Waals surface area contributed by atoms with Crippen molar-refractivity contribution in [3.8, 4) is 0 Å². The van der Waals surface area contributed by atoms with Crippen molar-refractivity contribution < 1.29 is 4.79 Å². The second-order valence-corrected chi connectivity index (χ2v) is 8.47. The van der Waals surface area contributed by atoms with Crippen molar-refractivity contribution in [1.29, 1.82) is 0 Å². The van der Waals surface area contributed by atoms with E-state index in [2.05, 4.69) is 11.4 Å². The van der Waals surface area contributed by atoms with Crippen LogP contribution in [-0.4, -0.2) is 15.0 Å². The van der Waals surface area contributed by atoms with Gasteiger partial charge in [-0.2, -0.15) is 0 Å². The first-order valence-corrected chi connectivity index (χ1v) is 11.3. The van der Waals surface area contributed by atoms with Crippen LogP contribution >= 0.6 is 0 Å². The summed E-state index contributed by atoms with van der Waals surface area (Å²) in [6.07, 6.45) is 2.86. The minimum Gasteiger partial charge on any atom is -0.348 e. The van der Waals surface area contributed by atoms with Crippen LogP contribution in [0.3, 0.4) is 0 Å². The van der Waals surface area contributed by atoms with E-state index in [4.69, 9.17) is 0 Å². The maximum absolute atomic E-state index is 13.1. The lowest BCUT2D eigenvalue weighted by molar-refractivity contribution is -0.122. The number of aryl methyl sites for hydroxylation is 1. The molecule has 6 heteroatoms. The average molecular weight is 440 g/mol. The minimum absolute atomic E-state index is 0.0807. The van der Waals surface area contributed by atoms with Crippen LogP contribution in [0.1, 0.15) is 35.6 Å². The molecule has 0 fully saturated rings. The first-order valence-electron chi connectivity index (χ1n) is 11.3. The molecule has 6 nitrogen and oxygen atoms in total. The Hall–Kier alpha value is -3.93. The van der Waals surface area contributed by atoms with Gasteiger partial charge >= 0.3 is 11.1 Å². The van der Waals surface area contributed by atoms with Gasteiger partial charge in [0.15, 0.2) is 0 Å². The van der Waals surface area contributed by atoms with Crippen LogP contribution in [0, 0.1) is 0 Å². The SMILES string of the molecule is O=C(Cn1c(=O)c(=O)n(Cc2ccccc2)c2ccccc21)N[C@@H]1CCCc2ccccc21. The lowest BCUT2D eigenvalue weighted by Gasteiger charge is -2.26. The van der Waals surface area contributed by atoms with Gasteiger partial charge < -0.3 is 5.32 Å². The quantitative estimate of drug-likeness (QED) is 0.485. The summed E-state index contributed by atoms with van der Waals surface area (Å²) in [4.78, 5) is 39.1. The number of carbonyl (C=O) groups is 1. The van der Waals surface area contributed by atoms with Crippen molar-refractivity contribution in [2.45, 2.75) is 38.4 Å². The zero-order valence-corrected chi connectivity index (χ0v) is 18.2. The molecule has 1 atom stereocenters. The van der Waals surface area contributed by atoms with Gasteiger partial charge in [0.2, 0.25) is 5.91 Å². The van der Waals surface area contributed by atoms with Crippen LogP contribution in [0.5, 0.6) is 0 Å². The number of fused-ring (bicyclic) bond motifs is 2. The number of hydrogen-bond acceptors (Lipinski definition) is 3. The second-order valence-electron chi connectivity index (χ2n) is 8.47. The molecular weight excluding hydrogens is 414 g/mol. The monoisotopic (exact) mass is 439 g/mol. The summed E-state index contributed by atoms with van der Waals surface area (Å²) in [5, 5.41) is 3.08. The molecule has 3 aromatic carbocycles. The van der Waals surface area contributed by atoms with Crippen molar-refractivity contribution in [2.75, 3.05) is 0 Å². The van der Waals surface area contributed by atoms with E-state index in [1.165, 1.54) is 14.7 Å². The average Bonchev–Trinajstić information content (AvgIpc) is 2.85. The Kier molecular flexibility index (Phi) is 5.65. The molecule has 0 unspecified atom stereocenters. The van der Waals surface area contributed by atoms with Crippen LogP contribution in [0.15, 0.2) is 88.5 Å². The zero-order valence-electron chi connectivity index (χ0n) is 18.2. The Morgan fingerprint density at radius 3 is 2.24 bits per heavy atom. The number of amides is 1. The van der Waals surface area contributed by atoms with Crippen molar-refractivity contribution >= 4 is 16.9 Å². The number of hydrogen-bond donors (Lipinski definition) is 1. The summed E-state index contributed by atoms with van der Waals surface area (Å²) < 4.78 is 2.78. The highest BCUT2D eigenvalue weighted by Gasteiger charge is 2.22. The summed E-state index contributed by atoms with van der Waals surface area (Å²) in [5.74, 6) is -0.274. The van der Waals surface area contributed by atoms with Crippen LogP contribution in [-0.2, 0) is 24.3 Å². The number of benzene rings is 3. The fourth-order valence-electron chi connectivity index (χ4n) is 4.74. The Morgan fingerprint density at radius 2 is 1.45 bits per heavy atom. The Bertz CT molecular complexity index is 1440. The van der Waals surface area contributed by atoms with Crippen molar-refractivity contribution in [1.82, 2.24) is 14.5 Å². The molecule has 5 rings (SSSR count). The largest absolute Gasteiger partial charge is 0.348 e. The maximum atomic E-state index is 13.1. The van der Waals surface area contributed by atoms with Crippen LogP contribution in [0.4, 0.5) is 0 Å². The molecule has 1 amide bonds. The van der Waals surface area contributed by atoms with E-state index in [1.54, 1.807) is 6.07 Å². The number of nitrogens with one attached hydrogen (secondary N) is 1. The smallest absolute Gasteiger partial charge is 0.317 e. The maximum Gasteiger partial charge on any atom is 0.317 e. The summed E-state index contributed by atoms with van der Waals surface area (Å²) in [5.41, 5.74) is 3.18. The van der Waals surface area contributed by atoms with Gasteiger partial charge in [0.05, 0.1) is 23.6 Å². The molecule has 1 aliphatic rings. The Morgan fingerprint density at radius 1 is 0.818 bits per heavy atom.